The summed E-state index contributed by atoms with van der Waals surface area (Å²) < 4.78 is 0. The molecule has 3 aromatic carbocycles. The summed E-state index contributed by atoms with van der Waals surface area (Å²) in [6.07, 6.45) is 0. The van der Waals surface area contributed by atoms with Crippen LogP contribution in [0.4, 0.5) is 0 Å². The molecule has 0 aliphatic heterocycles. The van der Waals surface area contributed by atoms with Gasteiger partial charge in [0.25, 0.3) is 0 Å². The second kappa shape index (κ2) is 4.06. The van der Waals surface area contributed by atoms with E-state index >= 15 is 0 Å². The van der Waals surface area contributed by atoms with E-state index in [1.54, 1.807) is 0 Å². The van der Waals surface area contributed by atoms with Gasteiger partial charge in [-0.15, -0.1) is 0 Å². The zero-order valence-corrected chi connectivity index (χ0v) is 9.60. The van der Waals surface area contributed by atoms with E-state index in [2.05, 4.69) is 6.07 Å². The predicted molar refractivity (Wildman–Crippen MR) is 72.0 cm³/mol. The van der Waals surface area contributed by atoms with Crippen LogP contribution in [-0.4, -0.2) is 0 Å². The Hall–Kier alpha value is -1.67. The van der Waals surface area contributed by atoms with E-state index in [0.29, 0.717) is 0 Å². The largest absolute Gasteiger partial charge is 0.289 e. The summed E-state index contributed by atoms with van der Waals surface area (Å²) >= 11 is 0. The molecule has 0 amide bonds. The Morgan fingerprint density at radius 2 is 1.12 bits per heavy atom. The van der Waals surface area contributed by atoms with Crippen molar-refractivity contribution in [2.45, 2.75) is 0 Å². The fourth-order valence-electron chi connectivity index (χ4n) is 1.97. The molecule has 3 rings (SSSR count). The summed E-state index contributed by atoms with van der Waals surface area (Å²) in [6, 6.07) is 17.5. The molecular formula is C14H11OS. The van der Waals surface area contributed by atoms with Gasteiger partial charge in [-0.05, 0) is 16.8 Å². The number of hydrogen-bond donors (Lipinski definition) is 0. The molecule has 0 aromatic heterocycles. The molecule has 0 fully saturated rings. The van der Waals surface area contributed by atoms with Crippen molar-refractivity contribution in [3.8, 4) is 5.75 Å². The molecule has 0 saturated heterocycles. The third kappa shape index (κ3) is 1.51. The number of benzene rings is 3. The van der Waals surface area contributed by atoms with Gasteiger partial charge >= 0.3 is 0 Å². The van der Waals surface area contributed by atoms with Crippen molar-refractivity contribution in [1.82, 2.24) is 0 Å². The molecule has 0 spiro atoms. The van der Waals surface area contributed by atoms with E-state index in [1.807, 2.05) is 48.5 Å². The average molecular weight is 227 g/mol. The van der Waals surface area contributed by atoms with Gasteiger partial charge in [-0.1, -0.05) is 48.5 Å². The number of hydrogen-bond acceptors (Lipinski definition) is 0. The smallest absolute Gasteiger partial charge is 0.194 e. The lowest BCUT2D eigenvalue weighted by molar-refractivity contribution is 0.365. The maximum absolute atomic E-state index is 12.1. The second-order valence-electron chi connectivity index (χ2n) is 3.65. The minimum absolute atomic E-state index is 0. The van der Waals surface area contributed by atoms with Crippen LogP contribution < -0.4 is 0 Å². The molecule has 0 heterocycles. The zero-order chi connectivity index (χ0) is 10.3. The molecule has 0 aliphatic rings. The lowest BCUT2D eigenvalue weighted by Gasteiger charge is -2.03. The quantitative estimate of drug-likeness (QED) is 0.512. The molecule has 0 bridgehead atoms. The highest BCUT2D eigenvalue weighted by Crippen LogP contribution is 2.33. The Kier molecular flexibility index (Phi) is 2.75. The third-order valence-electron chi connectivity index (χ3n) is 2.72. The molecule has 79 valence electrons. The summed E-state index contributed by atoms with van der Waals surface area (Å²) in [6.45, 7) is 0. The first-order valence-corrected chi connectivity index (χ1v) is 4.94. The monoisotopic (exact) mass is 227 g/mol. The van der Waals surface area contributed by atoms with Gasteiger partial charge in [0.1, 0.15) is 0 Å². The van der Waals surface area contributed by atoms with Gasteiger partial charge in [0.05, 0.1) is 0 Å². The zero-order valence-electron chi connectivity index (χ0n) is 8.60. The summed E-state index contributed by atoms with van der Waals surface area (Å²) in [7, 11) is 0. The minimum atomic E-state index is 0. The highest BCUT2D eigenvalue weighted by molar-refractivity contribution is 7.59. The van der Waals surface area contributed by atoms with Crippen LogP contribution >= 0.6 is 13.5 Å². The van der Waals surface area contributed by atoms with Crippen LogP contribution in [-0.2, 0) is 5.11 Å². The normalized spacial score (nSPS) is 10.2. The summed E-state index contributed by atoms with van der Waals surface area (Å²) in [4.78, 5) is 0. The van der Waals surface area contributed by atoms with E-state index in [-0.39, 0.29) is 19.2 Å². The van der Waals surface area contributed by atoms with Crippen molar-refractivity contribution >= 4 is 35.0 Å². The minimum Gasteiger partial charge on any atom is -0.289 e. The number of fused-ring (bicyclic) bond motifs is 2. The van der Waals surface area contributed by atoms with Gasteiger partial charge in [0.2, 0.25) is 0 Å². The van der Waals surface area contributed by atoms with E-state index < -0.39 is 0 Å². The third-order valence-corrected chi connectivity index (χ3v) is 2.72. The Morgan fingerprint density at radius 1 is 0.688 bits per heavy atom. The van der Waals surface area contributed by atoms with Gasteiger partial charge in [-0.25, -0.2) is 0 Å². The molecule has 0 N–H and O–H groups in total. The first-order valence-electron chi connectivity index (χ1n) is 4.94. The highest BCUT2D eigenvalue weighted by Gasteiger charge is 2.06. The van der Waals surface area contributed by atoms with Crippen LogP contribution in [0.5, 0.6) is 5.75 Å². The molecule has 0 saturated carbocycles. The fourth-order valence-corrected chi connectivity index (χ4v) is 1.97. The lowest BCUT2D eigenvalue weighted by Crippen LogP contribution is -1.76. The SMILES string of the molecule is S.[O]c1c2ccccc2cc2ccccc12. The highest BCUT2D eigenvalue weighted by atomic mass is 32.1. The van der Waals surface area contributed by atoms with Crippen molar-refractivity contribution in [1.29, 1.82) is 0 Å². The van der Waals surface area contributed by atoms with Crippen LogP contribution in [0.25, 0.3) is 21.5 Å². The lowest BCUT2D eigenvalue weighted by atomic mass is 10.0. The second-order valence-corrected chi connectivity index (χ2v) is 3.65. The summed E-state index contributed by atoms with van der Waals surface area (Å²) in [5.74, 6) is 0.128. The summed E-state index contributed by atoms with van der Waals surface area (Å²) in [5, 5.41) is 15.7. The van der Waals surface area contributed by atoms with Crippen molar-refractivity contribution in [3.05, 3.63) is 54.6 Å². The van der Waals surface area contributed by atoms with Gasteiger partial charge in [-0.2, -0.15) is 13.5 Å². The first kappa shape index (κ1) is 10.8. The Labute approximate surface area is 101 Å². The van der Waals surface area contributed by atoms with Crippen molar-refractivity contribution in [2.75, 3.05) is 0 Å². The van der Waals surface area contributed by atoms with Gasteiger partial charge in [-0.3, -0.25) is 5.11 Å². The van der Waals surface area contributed by atoms with Crippen molar-refractivity contribution < 1.29 is 5.11 Å². The molecule has 16 heavy (non-hydrogen) atoms. The summed E-state index contributed by atoms with van der Waals surface area (Å²) in [5.41, 5.74) is 0. The maximum atomic E-state index is 12.1. The van der Waals surface area contributed by atoms with Crippen molar-refractivity contribution in [2.24, 2.45) is 0 Å². The number of rotatable bonds is 0. The van der Waals surface area contributed by atoms with Crippen LogP contribution in [0, 0.1) is 0 Å². The van der Waals surface area contributed by atoms with Gasteiger partial charge < -0.3 is 0 Å². The molecule has 1 radical (unpaired) electrons. The Morgan fingerprint density at radius 3 is 1.62 bits per heavy atom. The fraction of sp³-hybridized carbons (Fsp3) is 0. The van der Waals surface area contributed by atoms with Crippen LogP contribution in [0.3, 0.4) is 0 Å². The molecule has 0 atom stereocenters. The topological polar surface area (TPSA) is 19.9 Å². The van der Waals surface area contributed by atoms with E-state index in [0.717, 1.165) is 21.5 Å². The molecule has 3 aromatic rings. The maximum Gasteiger partial charge on any atom is 0.194 e. The molecular weight excluding hydrogens is 216 g/mol. The average Bonchev–Trinajstić information content (AvgIpc) is 2.30. The Balaban J connectivity index is 0.000000963. The van der Waals surface area contributed by atoms with Crippen molar-refractivity contribution in [3.63, 3.8) is 0 Å². The van der Waals surface area contributed by atoms with E-state index in [9.17, 15) is 5.11 Å². The van der Waals surface area contributed by atoms with Gasteiger partial charge in [0, 0.05) is 10.8 Å². The van der Waals surface area contributed by atoms with Crippen LogP contribution in [0.2, 0.25) is 0 Å². The standard InChI is InChI=1S/C14H9O.H2S/c15-14-12-7-3-1-5-10(12)9-11-6-2-4-8-13(11)14;/h1-9H;1H2. The van der Waals surface area contributed by atoms with E-state index in [1.165, 1.54) is 0 Å². The molecule has 0 unspecified atom stereocenters. The van der Waals surface area contributed by atoms with E-state index in [4.69, 9.17) is 0 Å². The van der Waals surface area contributed by atoms with Crippen LogP contribution in [0.15, 0.2) is 54.6 Å². The first-order chi connectivity index (χ1) is 7.36. The Bertz CT molecular complexity index is 592. The molecule has 1 nitrogen and oxygen atoms in total. The van der Waals surface area contributed by atoms with Crippen LogP contribution in [0.1, 0.15) is 0 Å². The molecule has 0 aliphatic carbocycles. The predicted octanol–water partition coefficient (Wildman–Crippen LogP) is 4.25. The molecule has 2 heteroatoms. The van der Waals surface area contributed by atoms with Gasteiger partial charge in [0.15, 0.2) is 5.75 Å².